The van der Waals surface area contributed by atoms with Gasteiger partial charge in [0, 0.05) is 34.9 Å². The van der Waals surface area contributed by atoms with Crippen molar-refractivity contribution in [2.24, 2.45) is 11.5 Å². The molecule has 8 N–H and O–H groups in total. The van der Waals surface area contributed by atoms with Gasteiger partial charge in [-0.3, -0.25) is 14.4 Å². The maximum Gasteiger partial charge on any atom is 0.248 e. The minimum absolute atomic E-state index is 0.00516. The van der Waals surface area contributed by atoms with E-state index in [4.69, 9.17) is 26.7 Å². The second-order valence-electron chi connectivity index (χ2n) is 9.88. The molecule has 0 saturated carbocycles. The lowest BCUT2D eigenvalue weighted by Crippen LogP contribution is -2.33. The average Bonchev–Trinajstić information content (AvgIpc) is 2.95. The number of ether oxygens (including phenoxy) is 2. The van der Waals surface area contributed by atoms with E-state index in [2.05, 4.69) is 15.6 Å². The first-order valence-electron chi connectivity index (χ1n) is 13.4. The molecule has 0 unspecified atom stereocenters. The zero-order valence-electron chi connectivity index (χ0n) is 23.6. The van der Waals surface area contributed by atoms with Gasteiger partial charge in [-0.15, -0.1) is 0 Å². The summed E-state index contributed by atoms with van der Waals surface area (Å²) in [6.07, 6.45) is 1.54. The standard InChI is InChI=1S/C31H34N6O5/c1-4-41-26-15-20(5-8-25(26)42-17(2)3)27(37-23-6-7-24-19(14-23)9-10-35-28(24)32)31(40)36-16-18-11-21(29(33)38)13-22(12-18)30(34)39/h5-15,17,27,37H,4,16H2,1-3H3,(H2,32,35)(H2,33,38)(H2,34,39)(H,36,40)/t27-/m1/s1. The van der Waals surface area contributed by atoms with E-state index in [1.165, 1.54) is 18.2 Å². The lowest BCUT2D eigenvalue weighted by Gasteiger charge is -2.22. The quantitative estimate of drug-likeness (QED) is 0.171. The van der Waals surface area contributed by atoms with Crippen LogP contribution >= 0.6 is 0 Å². The molecule has 3 amide bonds. The zero-order valence-corrected chi connectivity index (χ0v) is 23.6. The lowest BCUT2D eigenvalue weighted by atomic mass is 10.0. The summed E-state index contributed by atoms with van der Waals surface area (Å²) in [5, 5.41) is 7.84. The molecule has 0 aliphatic rings. The van der Waals surface area contributed by atoms with Crippen molar-refractivity contribution in [3.05, 3.63) is 89.1 Å². The number of primary amides is 2. The number of amides is 3. The molecule has 0 bridgehead atoms. The van der Waals surface area contributed by atoms with Crippen molar-refractivity contribution >= 4 is 40.0 Å². The van der Waals surface area contributed by atoms with Gasteiger partial charge in [0.25, 0.3) is 0 Å². The fourth-order valence-corrected chi connectivity index (χ4v) is 4.45. The summed E-state index contributed by atoms with van der Waals surface area (Å²) in [5.74, 6) is -0.348. The van der Waals surface area contributed by atoms with Crippen LogP contribution < -0.4 is 37.3 Å². The number of aromatic nitrogens is 1. The maximum absolute atomic E-state index is 13.7. The summed E-state index contributed by atoms with van der Waals surface area (Å²) < 4.78 is 11.7. The number of hydrogen-bond acceptors (Lipinski definition) is 8. The Bertz CT molecular complexity index is 1610. The van der Waals surface area contributed by atoms with Gasteiger partial charge in [0.2, 0.25) is 17.7 Å². The molecule has 1 heterocycles. The van der Waals surface area contributed by atoms with E-state index in [0.717, 1.165) is 10.8 Å². The molecule has 1 atom stereocenters. The van der Waals surface area contributed by atoms with E-state index in [-0.39, 0.29) is 29.7 Å². The van der Waals surface area contributed by atoms with Crippen molar-refractivity contribution in [2.45, 2.75) is 39.5 Å². The highest BCUT2D eigenvalue weighted by Crippen LogP contribution is 2.33. The Labute approximate surface area is 243 Å². The lowest BCUT2D eigenvalue weighted by molar-refractivity contribution is -0.122. The van der Waals surface area contributed by atoms with Crippen molar-refractivity contribution in [1.82, 2.24) is 10.3 Å². The van der Waals surface area contributed by atoms with Gasteiger partial charge in [-0.1, -0.05) is 6.07 Å². The normalized spacial score (nSPS) is 11.6. The second-order valence-corrected chi connectivity index (χ2v) is 9.88. The third kappa shape index (κ3) is 7.05. The highest BCUT2D eigenvalue weighted by molar-refractivity contribution is 5.99. The molecule has 0 aliphatic heterocycles. The number of carbonyl (C=O) groups is 3. The molecule has 3 aromatic carbocycles. The van der Waals surface area contributed by atoms with E-state index in [1.54, 1.807) is 24.4 Å². The molecule has 0 spiro atoms. The molecule has 4 rings (SSSR count). The van der Waals surface area contributed by atoms with Crippen molar-refractivity contribution in [3.63, 3.8) is 0 Å². The van der Waals surface area contributed by atoms with Crippen molar-refractivity contribution < 1.29 is 23.9 Å². The molecule has 11 heteroatoms. The fraction of sp³-hybridized carbons (Fsp3) is 0.226. The first-order chi connectivity index (χ1) is 20.0. The van der Waals surface area contributed by atoms with Crippen molar-refractivity contribution in [2.75, 3.05) is 17.7 Å². The molecular weight excluding hydrogens is 536 g/mol. The molecule has 0 radical (unpaired) electrons. The summed E-state index contributed by atoms with van der Waals surface area (Å²) in [6, 6.07) is 16.1. The van der Waals surface area contributed by atoms with Gasteiger partial charge in [-0.25, -0.2) is 4.98 Å². The van der Waals surface area contributed by atoms with Gasteiger partial charge < -0.3 is 37.3 Å². The third-order valence-electron chi connectivity index (χ3n) is 6.36. The number of nitrogens with zero attached hydrogens (tertiary/aromatic N) is 1. The molecule has 0 saturated heterocycles. The van der Waals surface area contributed by atoms with Crippen molar-refractivity contribution in [1.29, 1.82) is 0 Å². The summed E-state index contributed by atoms with van der Waals surface area (Å²) >= 11 is 0. The van der Waals surface area contributed by atoms with Gasteiger partial charge in [-0.05, 0) is 91.9 Å². The van der Waals surface area contributed by atoms with Crippen LogP contribution in [0.1, 0.15) is 58.7 Å². The zero-order chi connectivity index (χ0) is 30.4. The Balaban J connectivity index is 1.69. The number of rotatable bonds is 12. The number of fused-ring (bicyclic) bond motifs is 1. The number of nitrogen functional groups attached to an aromatic ring is 1. The van der Waals surface area contributed by atoms with Crippen LogP contribution in [0.25, 0.3) is 10.8 Å². The predicted octanol–water partition coefficient (Wildman–Crippen LogP) is 3.67. The van der Waals surface area contributed by atoms with Crippen molar-refractivity contribution in [3.8, 4) is 11.5 Å². The third-order valence-corrected chi connectivity index (χ3v) is 6.36. The molecular formula is C31H34N6O5. The first kappa shape index (κ1) is 29.7. The van der Waals surface area contributed by atoms with Crippen LogP contribution in [0.2, 0.25) is 0 Å². The van der Waals surface area contributed by atoms with E-state index in [0.29, 0.717) is 40.7 Å². The summed E-state index contributed by atoms with van der Waals surface area (Å²) in [4.78, 5) is 41.5. The highest BCUT2D eigenvalue weighted by Gasteiger charge is 2.23. The summed E-state index contributed by atoms with van der Waals surface area (Å²) in [7, 11) is 0. The Morgan fingerprint density at radius 3 is 2.26 bits per heavy atom. The van der Waals surface area contributed by atoms with Gasteiger partial charge in [0.05, 0.1) is 12.7 Å². The first-order valence-corrected chi connectivity index (χ1v) is 13.4. The maximum atomic E-state index is 13.7. The van der Waals surface area contributed by atoms with Crippen LogP contribution in [0, 0.1) is 0 Å². The van der Waals surface area contributed by atoms with E-state index < -0.39 is 17.9 Å². The van der Waals surface area contributed by atoms with Crippen LogP contribution in [-0.4, -0.2) is 35.4 Å². The van der Waals surface area contributed by atoms with E-state index in [9.17, 15) is 14.4 Å². The molecule has 1 aromatic heterocycles. The monoisotopic (exact) mass is 570 g/mol. The minimum Gasteiger partial charge on any atom is -0.490 e. The average molecular weight is 571 g/mol. The summed E-state index contributed by atoms with van der Waals surface area (Å²) in [6.45, 7) is 6.11. The molecule has 4 aromatic rings. The predicted molar refractivity (Wildman–Crippen MR) is 161 cm³/mol. The number of hydrogen-bond donors (Lipinski definition) is 5. The molecule has 11 nitrogen and oxygen atoms in total. The number of nitrogens with one attached hydrogen (secondary N) is 2. The second kappa shape index (κ2) is 12.9. The minimum atomic E-state index is -0.871. The number of anilines is 2. The topological polar surface area (TPSA) is 185 Å². The molecule has 42 heavy (non-hydrogen) atoms. The van der Waals surface area contributed by atoms with Crippen LogP contribution in [0.3, 0.4) is 0 Å². The number of carbonyl (C=O) groups excluding carboxylic acids is 3. The van der Waals surface area contributed by atoms with Gasteiger partial charge in [-0.2, -0.15) is 0 Å². The van der Waals surface area contributed by atoms with Crippen LogP contribution in [0.5, 0.6) is 11.5 Å². The van der Waals surface area contributed by atoms with E-state index >= 15 is 0 Å². The van der Waals surface area contributed by atoms with E-state index in [1.807, 2.05) is 45.0 Å². The number of nitrogens with two attached hydrogens (primary N) is 3. The van der Waals surface area contributed by atoms with Gasteiger partial charge in [0.1, 0.15) is 11.9 Å². The van der Waals surface area contributed by atoms with Gasteiger partial charge >= 0.3 is 0 Å². The Hall–Kier alpha value is -5.32. The smallest absolute Gasteiger partial charge is 0.248 e. The molecule has 218 valence electrons. The Morgan fingerprint density at radius 1 is 0.905 bits per heavy atom. The Kier molecular flexibility index (Phi) is 9.11. The van der Waals surface area contributed by atoms with Gasteiger partial charge in [0.15, 0.2) is 11.5 Å². The number of pyridine rings is 1. The Morgan fingerprint density at radius 2 is 1.62 bits per heavy atom. The summed E-state index contributed by atoms with van der Waals surface area (Å²) in [5.41, 5.74) is 18.8. The molecule has 0 fully saturated rings. The number of benzene rings is 3. The largest absolute Gasteiger partial charge is 0.490 e. The fourth-order valence-electron chi connectivity index (χ4n) is 4.45. The SMILES string of the molecule is CCOc1cc([C@@H](Nc2ccc3c(N)nccc3c2)C(=O)NCc2cc(C(N)=O)cc(C(N)=O)c2)ccc1OC(C)C. The van der Waals surface area contributed by atoms with Crippen LogP contribution in [0.4, 0.5) is 11.5 Å². The highest BCUT2D eigenvalue weighted by atomic mass is 16.5. The van der Waals surface area contributed by atoms with Crippen LogP contribution in [0.15, 0.2) is 66.9 Å². The molecule has 0 aliphatic carbocycles. The van der Waals surface area contributed by atoms with Crippen LogP contribution in [-0.2, 0) is 11.3 Å².